The number of anilines is 1. The molecule has 0 aromatic heterocycles. The molecule has 0 fully saturated rings. The molecule has 10 heteroatoms. The van der Waals surface area contributed by atoms with Gasteiger partial charge in [0.2, 0.25) is 28.6 Å². The highest BCUT2D eigenvalue weighted by atomic mass is 32.2. The maximum Gasteiger partial charge on any atom is 0.244 e. The standard InChI is InChI=1S/C26H35N3O6S/c1-5-7-14-27-26(31)22(6-2)28(16-20-11-9-8-10-19(20)3)25(30)17-29(36(4,32)33)21-12-13-23-24(15-21)35-18-34-23/h8-13,15,22H,5-7,14,16-18H2,1-4H3,(H,27,31). The summed E-state index contributed by atoms with van der Waals surface area (Å²) in [6.45, 7) is 6.11. The molecule has 3 rings (SSSR count). The Balaban J connectivity index is 1.93. The van der Waals surface area contributed by atoms with Crippen LogP contribution in [0, 0.1) is 6.92 Å². The first kappa shape index (κ1) is 27.3. The minimum absolute atomic E-state index is 0.0477. The molecule has 0 radical (unpaired) electrons. The number of hydrogen-bond donors (Lipinski definition) is 1. The molecule has 0 saturated heterocycles. The van der Waals surface area contributed by atoms with Crippen LogP contribution in [0.15, 0.2) is 42.5 Å². The van der Waals surface area contributed by atoms with Crippen LogP contribution in [0.4, 0.5) is 5.69 Å². The fraction of sp³-hybridized carbons (Fsp3) is 0.462. The summed E-state index contributed by atoms with van der Waals surface area (Å²) in [5.74, 6) is 0.197. The molecule has 1 atom stereocenters. The predicted molar refractivity (Wildman–Crippen MR) is 138 cm³/mol. The molecule has 1 N–H and O–H groups in total. The maximum absolute atomic E-state index is 13.7. The van der Waals surface area contributed by atoms with Crippen LogP contribution in [0.2, 0.25) is 0 Å². The van der Waals surface area contributed by atoms with E-state index in [4.69, 9.17) is 9.47 Å². The molecule has 2 aromatic carbocycles. The molecule has 196 valence electrons. The summed E-state index contributed by atoms with van der Waals surface area (Å²) in [5, 5.41) is 2.92. The van der Waals surface area contributed by atoms with Gasteiger partial charge in [-0.1, -0.05) is 44.5 Å². The Morgan fingerprint density at radius 1 is 1.08 bits per heavy atom. The van der Waals surface area contributed by atoms with Crippen LogP contribution in [-0.4, -0.2) is 57.3 Å². The summed E-state index contributed by atoms with van der Waals surface area (Å²) in [7, 11) is -3.83. The summed E-state index contributed by atoms with van der Waals surface area (Å²) < 4.78 is 37.2. The summed E-state index contributed by atoms with van der Waals surface area (Å²) >= 11 is 0. The van der Waals surface area contributed by atoms with Gasteiger partial charge in [0.05, 0.1) is 11.9 Å². The van der Waals surface area contributed by atoms with Gasteiger partial charge in [-0.3, -0.25) is 13.9 Å². The van der Waals surface area contributed by atoms with Crippen molar-refractivity contribution in [1.82, 2.24) is 10.2 Å². The lowest BCUT2D eigenvalue weighted by Gasteiger charge is -2.33. The minimum Gasteiger partial charge on any atom is -0.454 e. The fourth-order valence-electron chi connectivity index (χ4n) is 4.05. The van der Waals surface area contributed by atoms with Crippen LogP contribution in [-0.2, 0) is 26.2 Å². The Kier molecular flexibility index (Phi) is 9.19. The Labute approximate surface area is 213 Å². The third kappa shape index (κ3) is 6.69. The SMILES string of the molecule is CCCCNC(=O)C(CC)N(Cc1ccccc1C)C(=O)CN(c1ccc2c(c1)OCO2)S(C)(=O)=O. The zero-order chi connectivity index (χ0) is 26.3. The van der Waals surface area contributed by atoms with Crippen LogP contribution < -0.4 is 19.1 Å². The van der Waals surface area contributed by atoms with Crippen molar-refractivity contribution in [2.75, 3.05) is 30.4 Å². The normalized spacial score (nSPS) is 13.2. The quantitative estimate of drug-likeness (QED) is 0.434. The average Bonchev–Trinajstić information content (AvgIpc) is 3.31. The van der Waals surface area contributed by atoms with Crippen molar-refractivity contribution in [2.45, 2.75) is 52.6 Å². The van der Waals surface area contributed by atoms with Gasteiger partial charge in [-0.15, -0.1) is 0 Å². The number of rotatable bonds is 12. The topological polar surface area (TPSA) is 105 Å². The molecule has 2 aromatic rings. The van der Waals surface area contributed by atoms with E-state index < -0.39 is 28.5 Å². The van der Waals surface area contributed by atoms with E-state index in [-0.39, 0.29) is 24.9 Å². The van der Waals surface area contributed by atoms with E-state index in [2.05, 4.69) is 5.32 Å². The minimum atomic E-state index is -3.83. The predicted octanol–water partition coefficient (Wildman–Crippen LogP) is 3.21. The molecule has 2 amide bonds. The number of sulfonamides is 1. The zero-order valence-corrected chi connectivity index (χ0v) is 22.1. The van der Waals surface area contributed by atoms with Gasteiger partial charge in [0.1, 0.15) is 12.6 Å². The lowest BCUT2D eigenvalue weighted by Crippen LogP contribution is -2.52. The van der Waals surface area contributed by atoms with E-state index in [0.29, 0.717) is 24.5 Å². The number of aryl methyl sites for hydroxylation is 1. The third-order valence-corrected chi connectivity index (χ3v) is 7.28. The summed E-state index contributed by atoms with van der Waals surface area (Å²) in [6, 6.07) is 11.6. The Hall–Kier alpha value is -3.27. The monoisotopic (exact) mass is 517 g/mol. The number of nitrogens with zero attached hydrogens (tertiary/aromatic N) is 2. The highest BCUT2D eigenvalue weighted by molar-refractivity contribution is 7.92. The average molecular weight is 518 g/mol. The number of carbonyl (C=O) groups excluding carboxylic acids is 2. The molecule has 0 bridgehead atoms. The zero-order valence-electron chi connectivity index (χ0n) is 21.3. The van der Waals surface area contributed by atoms with Crippen molar-refractivity contribution in [1.29, 1.82) is 0 Å². The van der Waals surface area contributed by atoms with Crippen LogP contribution in [0.5, 0.6) is 11.5 Å². The van der Waals surface area contributed by atoms with Crippen LogP contribution in [0.1, 0.15) is 44.2 Å². The van der Waals surface area contributed by atoms with E-state index in [1.807, 2.05) is 45.0 Å². The number of hydrogen-bond acceptors (Lipinski definition) is 6. The van der Waals surface area contributed by atoms with E-state index >= 15 is 0 Å². The van der Waals surface area contributed by atoms with Gasteiger partial charge in [-0.2, -0.15) is 0 Å². The summed E-state index contributed by atoms with van der Waals surface area (Å²) in [4.78, 5) is 28.3. The first-order valence-electron chi connectivity index (χ1n) is 12.1. The smallest absolute Gasteiger partial charge is 0.244 e. The van der Waals surface area contributed by atoms with Crippen LogP contribution in [0.25, 0.3) is 0 Å². The van der Waals surface area contributed by atoms with Gasteiger partial charge >= 0.3 is 0 Å². The van der Waals surface area contributed by atoms with Gasteiger partial charge < -0.3 is 19.7 Å². The Bertz CT molecular complexity index is 1180. The van der Waals surface area contributed by atoms with Crippen molar-refractivity contribution < 1.29 is 27.5 Å². The van der Waals surface area contributed by atoms with Crippen molar-refractivity contribution in [3.8, 4) is 11.5 Å². The summed E-state index contributed by atoms with van der Waals surface area (Å²) in [5.41, 5.74) is 2.15. The number of unbranched alkanes of at least 4 members (excludes halogenated alkanes) is 1. The van der Waals surface area contributed by atoms with Crippen molar-refractivity contribution >= 4 is 27.5 Å². The van der Waals surface area contributed by atoms with E-state index in [0.717, 1.165) is 34.5 Å². The van der Waals surface area contributed by atoms with E-state index in [1.54, 1.807) is 12.1 Å². The number of fused-ring (bicyclic) bond motifs is 1. The van der Waals surface area contributed by atoms with Crippen molar-refractivity contribution in [3.05, 3.63) is 53.6 Å². The van der Waals surface area contributed by atoms with Crippen LogP contribution in [0.3, 0.4) is 0 Å². The van der Waals surface area contributed by atoms with Gasteiger partial charge in [-0.25, -0.2) is 8.42 Å². The second-order valence-electron chi connectivity index (χ2n) is 8.82. The summed E-state index contributed by atoms with van der Waals surface area (Å²) in [6.07, 6.45) is 3.20. The molecule has 0 saturated carbocycles. The molecule has 36 heavy (non-hydrogen) atoms. The number of ether oxygens (including phenoxy) is 2. The fourth-order valence-corrected chi connectivity index (χ4v) is 4.89. The number of benzene rings is 2. The molecule has 1 heterocycles. The Morgan fingerprint density at radius 2 is 1.81 bits per heavy atom. The molecule has 0 aliphatic carbocycles. The second-order valence-corrected chi connectivity index (χ2v) is 10.7. The number of amides is 2. The largest absolute Gasteiger partial charge is 0.454 e. The lowest BCUT2D eigenvalue weighted by atomic mass is 10.1. The van der Waals surface area contributed by atoms with Crippen molar-refractivity contribution in [2.24, 2.45) is 0 Å². The number of nitrogens with one attached hydrogen (secondary N) is 1. The second kappa shape index (κ2) is 12.1. The molecular weight excluding hydrogens is 482 g/mol. The first-order valence-corrected chi connectivity index (χ1v) is 14.0. The first-order chi connectivity index (χ1) is 17.2. The highest BCUT2D eigenvalue weighted by Crippen LogP contribution is 2.36. The van der Waals surface area contributed by atoms with E-state index in [9.17, 15) is 18.0 Å². The third-order valence-electron chi connectivity index (χ3n) is 6.14. The Morgan fingerprint density at radius 3 is 2.47 bits per heavy atom. The molecule has 1 unspecified atom stereocenters. The molecule has 1 aliphatic rings. The highest BCUT2D eigenvalue weighted by Gasteiger charge is 2.32. The van der Waals surface area contributed by atoms with Crippen molar-refractivity contribution in [3.63, 3.8) is 0 Å². The number of carbonyl (C=O) groups is 2. The molecule has 9 nitrogen and oxygen atoms in total. The van der Waals surface area contributed by atoms with Gasteiger partial charge in [0.25, 0.3) is 0 Å². The van der Waals surface area contributed by atoms with Gasteiger partial charge in [0.15, 0.2) is 11.5 Å². The lowest BCUT2D eigenvalue weighted by molar-refractivity contribution is -0.140. The van der Waals surface area contributed by atoms with Gasteiger partial charge in [-0.05, 0) is 43.0 Å². The van der Waals surface area contributed by atoms with E-state index in [1.165, 1.54) is 11.0 Å². The maximum atomic E-state index is 13.7. The molecular formula is C26H35N3O6S. The molecule has 1 aliphatic heterocycles. The van der Waals surface area contributed by atoms with Gasteiger partial charge in [0, 0.05) is 19.2 Å². The molecule has 0 spiro atoms. The van der Waals surface area contributed by atoms with Crippen LogP contribution >= 0.6 is 0 Å².